The molecule has 0 aromatic carbocycles. The van der Waals surface area contributed by atoms with Crippen molar-refractivity contribution >= 4 is 0 Å². The largest absolute Gasteiger partial charge is 0.103 e. The SMILES string of the molecule is CCCCC#CC(C)(C)CC. The Morgan fingerprint density at radius 1 is 1.18 bits per heavy atom. The van der Waals surface area contributed by atoms with E-state index in [2.05, 4.69) is 39.5 Å². The standard InChI is InChI=1S/C11H20/c1-5-7-8-9-10-11(3,4)6-2/h5-8H2,1-4H3. The Bertz CT molecular complexity index is 143. The minimum absolute atomic E-state index is 0.230. The lowest BCUT2D eigenvalue weighted by Gasteiger charge is -2.12. The molecule has 0 aromatic rings. The van der Waals surface area contributed by atoms with Gasteiger partial charge in [0.15, 0.2) is 0 Å². The third-order valence-electron chi connectivity index (χ3n) is 1.97. The maximum atomic E-state index is 3.29. The zero-order valence-corrected chi connectivity index (χ0v) is 8.33. The maximum Gasteiger partial charge on any atom is 0.0255 e. The van der Waals surface area contributed by atoms with Gasteiger partial charge in [-0.05, 0) is 26.7 Å². The monoisotopic (exact) mass is 152 g/mol. The summed E-state index contributed by atoms with van der Waals surface area (Å²) < 4.78 is 0. The summed E-state index contributed by atoms with van der Waals surface area (Å²) >= 11 is 0. The Labute approximate surface area is 71.4 Å². The molecule has 0 aliphatic heterocycles. The first-order valence-electron chi connectivity index (χ1n) is 4.62. The number of hydrogen-bond acceptors (Lipinski definition) is 0. The highest BCUT2D eigenvalue weighted by Crippen LogP contribution is 2.17. The lowest BCUT2D eigenvalue weighted by molar-refractivity contribution is 0.484. The normalized spacial score (nSPS) is 10.5. The molecule has 64 valence electrons. The summed E-state index contributed by atoms with van der Waals surface area (Å²) in [6.07, 6.45) is 4.71. The lowest BCUT2D eigenvalue weighted by atomic mass is 9.91. The topological polar surface area (TPSA) is 0 Å². The molecule has 0 fully saturated rings. The minimum atomic E-state index is 0.230. The molecule has 0 N–H and O–H groups in total. The van der Waals surface area contributed by atoms with Crippen LogP contribution in [-0.2, 0) is 0 Å². The summed E-state index contributed by atoms with van der Waals surface area (Å²) in [4.78, 5) is 0. The van der Waals surface area contributed by atoms with Gasteiger partial charge in [-0.2, -0.15) is 0 Å². The van der Waals surface area contributed by atoms with Gasteiger partial charge in [0.25, 0.3) is 0 Å². The van der Waals surface area contributed by atoms with E-state index in [4.69, 9.17) is 0 Å². The maximum absolute atomic E-state index is 3.29. The quantitative estimate of drug-likeness (QED) is 0.428. The Balaban J connectivity index is 3.67. The highest BCUT2D eigenvalue weighted by Gasteiger charge is 2.08. The molecule has 0 saturated carbocycles. The predicted molar refractivity (Wildman–Crippen MR) is 51.4 cm³/mol. The highest BCUT2D eigenvalue weighted by molar-refractivity contribution is 5.08. The van der Waals surface area contributed by atoms with Crippen molar-refractivity contribution in [1.82, 2.24) is 0 Å². The van der Waals surface area contributed by atoms with Crippen LogP contribution in [0.25, 0.3) is 0 Å². The molecule has 0 saturated heterocycles. The molecule has 0 rings (SSSR count). The zero-order valence-electron chi connectivity index (χ0n) is 8.33. The molecule has 0 spiro atoms. The number of hydrogen-bond donors (Lipinski definition) is 0. The van der Waals surface area contributed by atoms with Crippen molar-refractivity contribution in [1.29, 1.82) is 0 Å². The van der Waals surface area contributed by atoms with Crippen molar-refractivity contribution in [2.24, 2.45) is 5.41 Å². The molecular formula is C11H20. The third kappa shape index (κ3) is 5.98. The Kier molecular flexibility index (Phi) is 5.03. The molecule has 0 radical (unpaired) electrons. The van der Waals surface area contributed by atoms with Gasteiger partial charge in [0.05, 0.1) is 0 Å². The van der Waals surface area contributed by atoms with Gasteiger partial charge >= 0.3 is 0 Å². The van der Waals surface area contributed by atoms with E-state index in [1.807, 2.05) is 0 Å². The van der Waals surface area contributed by atoms with Gasteiger partial charge in [-0.25, -0.2) is 0 Å². The molecular weight excluding hydrogens is 132 g/mol. The van der Waals surface area contributed by atoms with Gasteiger partial charge in [-0.15, -0.1) is 5.92 Å². The lowest BCUT2D eigenvalue weighted by Crippen LogP contribution is -2.04. The number of unbranched alkanes of at least 4 members (excludes halogenated alkanes) is 2. The van der Waals surface area contributed by atoms with E-state index in [9.17, 15) is 0 Å². The average Bonchev–Trinajstić information content (AvgIpc) is 1.99. The second-order valence-electron chi connectivity index (χ2n) is 3.64. The fourth-order valence-corrected chi connectivity index (χ4v) is 0.655. The molecule has 0 aromatic heterocycles. The van der Waals surface area contributed by atoms with Crippen molar-refractivity contribution < 1.29 is 0 Å². The van der Waals surface area contributed by atoms with Crippen LogP contribution in [0, 0.1) is 17.3 Å². The van der Waals surface area contributed by atoms with Crippen LogP contribution in [-0.4, -0.2) is 0 Å². The van der Waals surface area contributed by atoms with Gasteiger partial charge in [0, 0.05) is 11.8 Å². The van der Waals surface area contributed by atoms with Crippen LogP contribution >= 0.6 is 0 Å². The number of rotatable bonds is 3. The van der Waals surface area contributed by atoms with E-state index in [1.165, 1.54) is 12.8 Å². The summed E-state index contributed by atoms with van der Waals surface area (Å²) in [5, 5.41) is 0. The van der Waals surface area contributed by atoms with E-state index in [-0.39, 0.29) is 5.41 Å². The fraction of sp³-hybridized carbons (Fsp3) is 0.818. The second kappa shape index (κ2) is 5.24. The van der Waals surface area contributed by atoms with Crippen molar-refractivity contribution in [3.63, 3.8) is 0 Å². The second-order valence-corrected chi connectivity index (χ2v) is 3.64. The molecule has 0 aliphatic carbocycles. The van der Waals surface area contributed by atoms with Crippen molar-refractivity contribution in [2.45, 2.75) is 53.4 Å². The summed E-state index contributed by atoms with van der Waals surface area (Å²) in [6.45, 7) is 8.79. The van der Waals surface area contributed by atoms with Crippen LogP contribution in [0.4, 0.5) is 0 Å². The molecule has 0 aliphatic rings. The van der Waals surface area contributed by atoms with Gasteiger partial charge < -0.3 is 0 Å². The molecule has 0 amide bonds. The van der Waals surface area contributed by atoms with E-state index in [0.717, 1.165) is 12.8 Å². The van der Waals surface area contributed by atoms with Crippen LogP contribution in [0.2, 0.25) is 0 Å². The Morgan fingerprint density at radius 2 is 1.82 bits per heavy atom. The van der Waals surface area contributed by atoms with Crippen LogP contribution in [0.3, 0.4) is 0 Å². The first kappa shape index (κ1) is 10.6. The first-order chi connectivity index (χ1) is 5.12. The molecule has 0 unspecified atom stereocenters. The van der Waals surface area contributed by atoms with Crippen molar-refractivity contribution in [3.8, 4) is 11.8 Å². The van der Waals surface area contributed by atoms with E-state index in [1.54, 1.807) is 0 Å². The summed E-state index contributed by atoms with van der Waals surface area (Å²) in [6, 6.07) is 0. The van der Waals surface area contributed by atoms with Crippen LogP contribution < -0.4 is 0 Å². The molecule has 11 heavy (non-hydrogen) atoms. The predicted octanol–water partition coefficient (Wildman–Crippen LogP) is 3.62. The van der Waals surface area contributed by atoms with Crippen molar-refractivity contribution in [2.75, 3.05) is 0 Å². The van der Waals surface area contributed by atoms with E-state index in [0.29, 0.717) is 0 Å². The molecule has 0 atom stereocenters. The summed E-state index contributed by atoms with van der Waals surface area (Å²) in [5.41, 5.74) is 0.230. The molecule has 0 bridgehead atoms. The Hall–Kier alpha value is -0.440. The smallest absolute Gasteiger partial charge is 0.0255 e. The molecule has 0 nitrogen and oxygen atoms in total. The minimum Gasteiger partial charge on any atom is -0.103 e. The molecule has 0 heterocycles. The van der Waals surface area contributed by atoms with Crippen molar-refractivity contribution in [3.05, 3.63) is 0 Å². The van der Waals surface area contributed by atoms with E-state index < -0.39 is 0 Å². The van der Waals surface area contributed by atoms with Crippen LogP contribution in [0.1, 0.15) is 53.4 Å². The first-order valence-corrected chi connectivity index (χ1v) is 4.62. The Morgan fingerprint density at radius 3 is 2.27 bits per heavy atom. The van der Waals surface area contributed by atoms with Gasteiger partial charge in [-0.3, -0.25) is 0 Å². The average molecular weight is 152 g/mol. The highest BCUT2D eigenvalue weighted by atomic mass is 14.1. The van der Waals surface area contributed by atoms with Crippen LogP contribution in [0.15, 0.2) is 0 Å². The summed E-state index contributed by atoms with van der Waals surface area (Å²) in [5.74, 6) is 6.52. The fourth-order valence-electron chi connectivity index (χ4n) is 0.655. The van der Waals surface area contributed by atoms with Gasteiger partial charge in [0.1, 0.15) is 0 Å². The van der Waals surface area contributed by atoms with E-state index >= 15 is 0 Å². The zero-order chi connectivity index (χ0) is 8.74. The summed E-state index contributed by atoms with van der Waals surface area (Å²) in [7, 11) is 0. The van der Waals surface area contributed by atoms with Gasteiger partial charge in [-0.1, -0.05) is 26.2 Å². The van der Waals surface area contributed by atoms with Crippen LogP contribution in [0.5, 0.6) is 0 Å². The van der Waals surface area contributed by atoms with Gasteiger partial charge in [0.2, 0.25) is 0 Å². The third-order valence-corrected chi connectivity index (χ3v) is 1.97. The molecule has 0 heteroatoms.